The van der Waals surface area contributed by atoms with Crippen LogP contribution in [0.1, 0.15) is 57.4 Å². The van der Waals surface area contributed by atoms with Crippen LogP contribution in [0.4, 0.5) is 0 Å². The molecule has 0 N–H and O–H groups in total. The molecule has 0 saturated heterocycles. The number of rotatable bonds is 41. The van der Waals surface area contributed by atoms with Gasteiger partial charge < -0.3 is 52.1 Å². The second-order valence-corrected chi connectivity index (χ2v) is 12.3. The van der Waals surface area contributed by atoms with E-state index in [2.05, 4.69) is 53.8 Å². The van der Waals surface area contributed by atoms with Crippen molar-refractivity contribution < 1.29 is 52.1 Å². The SMILES string of the molecule is CCCCCCCCCc1ccc(OCCOCCOCCOCCOCCOCCOCCOCCOCCOCCOCCI)cc1. The van der Waals surface area contributed by atoms with Crippen LogP contribution >= 0.6 is 22.6 Å². The highest BCUT2D eigenvalue weighted by atomic mass is 127. The summed E-state index contributed by atoms with van der Waals surface area (Å²) >= 11 is 2.28. The number of hydrogen-bond donors (Lipinski definition) is 0. The highest BCUT2D eigenvalue weighted by Crippen LogP contribution is 2.15. The third-order valence-electron chi connectivity index (χ3n) is 7.06. The van der Waals surface area contributed by atoms with E-state index in [1.807, 2.05) is 0 Å². The van der Waals surface area contributed by atoms with Gasteiger partial charge in [-0.1, -0.05) is 80.2 Å². The van der Waals surface area contributed by atoms with E-state index in [9.17, 15) is 0 Å². The average molecular weight is 815 g/mol. The van der Waals surface area contributed by atoms with E-state index >= 15 is 0 Å². The maximum atomic E-state index is 5.78. The van der Waals surface area contributed by atoms with Gasteiger partial charge in [-0.3, -0.25) is 0 Å². The van der Waals surface area contributed by atoms with Gasteiger partial charge in [0.2, 0.25) is 0 Å². The van der Waals surface area contributed by atoms with Crippen LogP contribution in [0.25, 0.3) is 0 Å². The zero-order chi connectivity index (χ0) is 35.0. The second-order valence-electron chi connectivity index (χ2n) is 11.2. The number of benzene rings is 1. The molecular weight excluding hydrogens is 747 g/mol. The highest BCUT2D eigenvalue weighted by Gasteiger charge is 1.99. The molecule has 0 heterocycles. The van der Waals surface area contributed by atoms with Gasteiger partial charge in [-0.2, -0.15) is 0 Å². The molecule has 0 aliphatic rings. The number of halogens is 1. The molecule has 0 radical (unpaired) electrons. The summed E-state index contributed by atoms with van der Waals surface area (Å²) in [5.74, 6) is 0.889. The van der Waals surface area contributed by atoms with Crippen LogP contribution in [0.15, 0.2) is 24.3 Å². The molecule has 0 atom stereocenters. The van der Waals surface area contributed by atoms with E-state index < -0.39 is 0 Å². The summed E-state index contributed by atoms with van der Waals surface area (Å²) in [5, 5.41) is 0. The molecule has 0 spiro atoms. The zero-order valence-corrected chi connectivity index (χ0v) is 32.5. The molecule has 1 aromatic rings. The topological polar surface area (TPSA) is 102 Å². The fourth-order valence-electron chi connectivity index (χ4n) is 4.39. The zero-order valence-electron chi connectivity index (χ0n) is 30.4. The first kappa shape index (κ1) is 46.4. The number of unbranched alkanes of at least 4 members (excludes halogenated alkanes) is 6. The van der Waals surface area contributed by atoms with Gasteiger partial charge in [0, 0.05) is 4.43 Å². The van der Waals surface area contributed by atoms with Gasteiger partial charge in [-0.05, 0) is 30.5 Å². The molecule has 0 aliphatic heterocycles. The van der Waals surface area contributed by atoms with Gasteiger partial charge in [-0.15, -0.1) is 0 Å². The molecule has 1 aromatic carbocycles. The van der Waals surface area contributed by atoms with Crippen LogP contribution < -0.4 is 4.74 Å². The summed E-state index contributed by atoms with van der Waals surface area (Å²) in [4.78, 5) is 0. The maximum absolute atomic E-state index is 5.78. The molecule has 0 aromatic heterocycles. The third-order valence-corrected chi connectivity index (χ3v) is 7.50. The van der Waals surface area contributed by atoms with Crippen LogP contribution in [-0.2, 0) is 53.8 Å². The lowest BCUT2D eigenvalue weighted by Gasteiger charge is -2.09. The number of aryl methyl sites for hydroxylation is 1. The van der Waals surface area contributed by atoms with E-state index in [1.54, 1.807) is 0 Å². The first-order valence-corrected chi connectivity index (χ1v) is 19.9. The summed E-state index contributed by atoms with van der Waals surface area (Å²) in [6.45, 7) is 13.8. The predicted molar refractivity (Wildman–Crippen MR) is 201 cm³/mol. The van der Waals surface area contributed by atoms with E-state index in [4.69, 9.17) is 52.1 Å². The molecule has 0 fully saturated rings. The van der Waals surface area contributed by atoms with Crippen molar-refractivity contribution in [2.75, 3.05) is 143 Å². The Morgan fingerprint density at radius 2 is 0.673 bits per heavy atom. The number of hydrogen-bond acceptors (Lipinski definition) is 11. The molecular formula is C37H67IO11. The van der Waals surface area contributed by atoms with E-state index in [0.29, 0.717) is 132 Å². The monoisotopic (exact) mass is 814 g/mol. The van der Waals surface area contributed by atoms with Crippen molar-refractivity contribution in [2.24, 2.45) is 0 Å². The Balaban J connectivity index is 1.70. The number of alkyl halides is 1. The van der Waals surface area contributed by atoms with Crippen molar-refractivity contribution in [3.8, 4) is 5.75 Å². The van der Waals surface area contributed by atoms with E-state index in [-0.39, 0.29) is 0 Å². The summed E-state index contributed by atoms with van der Waals surface area (Å²) in [7, 11) is 0. The van der Waals surface area contributed by atoms with E-state index in [1.165, 1.54) is 50.5 Å². The molecule has 12 heteroatoms. The molecule has 1 rings (SSSR count). The Kier molecular flexibility index (Phi) is 38.0. The van der Waals surface area contributed by atoms with Crippen LogP contribution in [-0.4, -0.2) is 143 Å². The van der Waals surface area contributed by atoms with Crippen molar-refractivity contribution in [3.63, 3.8) is 0 Å². The molecule has 0 amide bonds. The molecule has 11 nitrogen and oxygen atoms in total. The van der Waals surface area contributed by atoms with Crippen molar-refractivity contribution in [1.82, 2.24) is 0 Å². The first-order chi connectivity index (χ1) is 24.4. The predicted octanol–water partition coefficient (Wildman–Crippen LogP) is 5.96. The van der Waals surface area contributed by atoms with Crippen LogP contribution in [0.3, 0.4) is 0 Å². The van der Waals surface area contributed by atoms with Gasteiger partial charge >= 0.3 is 0 Å². The Morgan fingerprint density at radius 3 is 1.02 bits per heavy atom. The van der Waals surface area contributed by atoms with E-state index in [0.717, 1.165) is 23.2 Å². The Labute approximate surface area is 310 Å². The normalized spacial score (nSPS) is 11.5. The standard InChI is InChI=1S/C37H67IO11/c1-2-3-4-5-6-7-8-9-36-10-12-37(13-11-36)49-35-34-48-33-32-47-31-30-46-29-28-45-27-26-44-25-24-43-23-22-42-21-20-41-19-18-40-17-16-39-15-14-38/h10-13H,2-9,14-35H2,1H3. The van der Waals surface area contributed by atoms with Gasteiger partial charge in [0.1, 0.15) is 12.4 Å². The molecule has 49 heavy (non-hydrogen) atoms. The summed E-state index contributed by atoms with van der Waals surface area (Å²) < 4.78 is 61.6. The second kappa shape index (κ2) is 40.1. The largest absolute Gasteiger partial charge is 0.491 e. The van der Waals surface area contributed by atoms with Crippen LogP contribution in [0.2, 0.25) is 0 Å². The highest BCUT2D eigenvalue weighted by molar-refractivity contribution is 14.1. The maximum Gasteiger partial charge on any atom is 0.119 e. The molecule has 288 valence electrons. The molecule has 0 aliphatic carbocycles. The minimum atomic E-state index is 0.520. The van der Waals surface area contributed by atoms with Gasteiger partial charge in [0.25, 0.3) is 0 Å². The van der Waals surface area contributed by atoms with Gasteiger partial charge in [0.15, 0.2) is 0 Å². The summed E-state index contributed by atoms with van der Waals surface area (Å²) in [5.41, 5.74) is 1.38. The van der Waals surface area contributed by atoms with Gasteiger partial charge in [-0.25, -0.2) is 0 Å². The lowest BCUT2D eigenvalue weighted by molar-refractivity contribution is -0.0265. The molecule has 0 unspecified atom stereocenters. The Morgan fingerprint density at radius 1 is 0.367 bits per heavy atom. The fraction of sp³-hybridized carbons (Fsp3) is 0.838. The average Bonchev–Trinajstić information content (AvgIpc) is 3.12. The van der Waals surface area contributed by atoms with Crippen molar-refractivity contribution in [3.05, 3.63) is 29.8 Å². The first-order valence-electron chi connectivity index (χ1n) is 18.4. The van der Waals surface area contributed by atoms with Crippen molar-refractivity contribution in [1.29, 1.82) is 0 Å². The van der Waals surface area contributed by atoms with Crippen LogP contribution in [0, 0.1) is 0 Å². The third kappa shape index (κ3) is 35.5. The number of ether oxygens (including phenoxy) is 11. The molecule has 0 bridgehead atoms. The fourth-order valence-corrected chi connectivity index (χ4v) is 4.70. The Hall–Kier alpha value is -0.650. The molecule has 0 saturated carbocycles. The van der Waals surface area contributed by atoms with Crippen molar-refractivity contribution >= 4 is 22.6 Å². The smallest absolute Gasteiger partial charge is 0.119 e. The Bertz CT molecular complexity index is 760. The van der Waals surface area contributed by atoms with Crippen molar-refractivity contribution in [2.45, 2.75) is 58.3 Å². The minimum absolute atomic E-state index is 0.520. The summed E-state index contributed by atoms with van der Waals surface area (Å²) in [6, 6.07) is 8.46. The lowest BCUT2D eigenvalue weighted by atomic mass is 10.0. The van der Waals surface area contributed by atoms with Gasteiger partial charge in [0.05, 0.1) is 132 Å². The quantitative estimate of drug-likeness (QED) is 0.0445. The lowest BCUT2D eigenvalue weighted by Crippen LogP contribution is -2.15. The summed E-state index contributed by atoms with van der Waals surface area (Å²) in [6.07, 6.45) is 10.5. The minimum Gasteiger partial charge on any atom is -0.491 e. The van der Waals surface area contributed by atoms with Crippen LogP contribution in [0.5, 0.6) is 5.75 Å².